The Labute approximate surface area is 137 Å². The standard InChI is InChI=1S/C19H23N3O/c1-15-7-5-8-16(13-15)21-19(23)20-14-18-11-6-12-22(18)17-9-3-2-4-10-17/h2-5,7-10,13,18H,6,11-12,14H2,1H3,(H2,20,21,23). The Bertz CT molecular complexity index is 657. The second-order valence-electron chi connectivity index (χ2n) is 6.03. The van der Waals surface area contributed by atoms with E-state index in [0.29, 0.717) is 12.6 Å². The molecule has 1 aliphatic rings. The minimum atomic E-state index is -0.143. The van der Waals surface area contributed by atoms with Gasteiger partial charge in [-0.3, -0.25) is 0 Å². The first-order chi connectivity index (χ1) is 11.2. The molecule has 0 aliphatic carbocycles. The lowest BCUT2D eigenvalue weighted by Crippen LogP contribution is -2.41. The van der Waals surface area contributed by atoms with Gasteiger partial charge in [0, 0.05) is 30.5 Å². The lowest BCUT2D eigenvalue weighted by Gasteiger charge is -2.27. The Morgan fingerprint density at radius 2 is 2.00 bits per heavy atom. The van der Waals surface area contributed by atoms with E-state index in [1.54, 1.807) is 0 Å². The van der Waals surface area contributed by atoms with E-state index >= 15 is 0 Å². The molecule has 4 heteroatoms. The Kier molecular flexibility index (Phi) is 4.81. The number of hydrogen-bond acceptors (Lipinski definition) is 2. The van der Waals surface area contributed by atoms with Crippen LogP contribution in [0.15, 0.2) is 54.6 Å². The van der Waals surface area contributed by atoms with E-state index in [-0.39, 0.29) is 6.03 Å². The van der Waals surface area contributed by atoms with E-state index in [1.807, 2.05) is 37.3 Å². The Morgan fingerprint density at radius 3 is 2.78 bits per heavy atom. The van der Waals surface area contributed by atoms with Crippen molar-refractivity contribution in [1.82, 2.24) is 5.32 Å². The lowest BCUT2D eigenvalue weighted by atomic mass is 10.2. The van der Waals surface area contributed by atoms with Crippen LogP contribution >= 0.6 is 0 Å². The predicted octanol–water partition coefficient (Wildman–Crippen LogP) is 3.79. The van der Waals surface area contributed by atoms with Crippen molar-refractivity contribution < 1.29 is 4.79 Å². The molecule has 1 aliphatic heterocycles. The third-order valence-corrected chi connectivity index (χ3v) is 4.24. The maximum absolute atomic E-state index is 12.1. The van der Waals surface area contributed by atoms with Gasteiger partial charge in [0.1, 0.15) is 0 Å². The number of aryl methyl sites for hydroxylation is 1. The van der Waals surface area contributed by atoms with Gasteiger partial charge in [0.05, 0.1) is 0 Å². The van der Waals surface area contributed by atoms with Crippen molar-refractivity contribution in [2.45, 2.75) is 25.8 Å². The zero-order chi connectivity index (χ0) is 16.1. The summed E-state index contributed by atoms with van der Waals surface area (Å²) in [6.07, 6.45) is 2.28. The number of rotatable bonds is 4. The van der Waals surface area contributed by atoms with Crippen molar-refractivity contribution in [2.75, 3.05) is 23.3 Å². The highest BCUT2D eigenvalue weighted by Crippen LogP contribution is 2.24. The molecule has 1 fully saturated rings. The van der Waals surface area contributed by atoms with Crippen molar-refractivity contribution in [3.05, 3.63) is 60.2 Å². The molecule has 120 valence electrons. The molecule has 2 amide bonds. The van der Waals surface area contributed by atoms with Crippen LogP contribution in [0.1, 0.15) is 18.4 Å². The molecular formula is C19H23N3O. The van der Waals surface area contributed by atoms with Crippen LogP contribution in [0.4, 0.5) is 16.2 Å². The van der Waals surface area contributed by atoms with Crippen LogP contribution < -0.4 is 15.5 Å². The summed E-state index contributed by atoms with van der Waals surface area (Å²) in [5.41, 5.74) is 3.19. The topological polar surface area (TPSA) is 44.4 Å². The number of anilines is 2. The molecule has 2 aromatic carbocycles. The van der Waals surface area contributed by atoms with Crippen LogP contribution in [0.2, 0.25) is 0 Å². The number of carbonyl (C=O) groups is 1. The Hall–Kier alpha value is -2.49. The maximum Gasteiger partial charge on any atom is 0.319 e. The second kappa shape index (κ2) is 7.18. The molecule has 0 bridgehead atoms. The smallest absolute Gasteiger partial charge is 0.319 e. The third kappa shape index (κ3) is 4.03. The highest BCUT2D eigenvalue weighted by molar-refractivity contribution is 5.89. The van der Waals surface area contributed by atoms with Crippen molar-refractivity contribution in [2.24, 2.45) is 0 Å². The number of carbonyl (C=O) groups excluding carboxylic acids is 1. The number of urea groups is 1. The van der Waals surface area contributed by atoms with Crippen LogP contribution in [0.3, 0.4) is 0 Å². The monoisotopic (exact) mass is 309 g/mol. The summed E-state index contributed by atoms with van der Waals surface area (Å²) in [7, 11) is 0. The second-order valence-corrected chi connectivity index (χ2v) is 6.03. The van der Waals surface area contributed by atoms with Gasteiger partial charge in [-0.2, -0.15) is 0 Å². The number of hydrogen-bond donors (Lipinski definition) is 2. The number of benzene rings is 2. The summed E-state index contributed by atoms with van der Waals surface area (Å²) in [6.45, 7) is 3.72. The minimum Gasteiger partial charge on any atom is -0.367 e. The molecule has 23 heavy (non-hydrogen) atoms. The highest BCUT2D eigenvalue weighted by Gasteiger charge is 2.24. The predicted molar refractivity (Wildman–Crippen MR) is 95.0 cm³/mol. The van der Waals surface area contributed by atoms with E-state index in [0.717, 1.165) is 24.2 Å². The maximum atomic E-state index is 12.1. The molecular weight excluding hydrogens is 286 g/mol. The van der Waals surface area contributed by atoms with Crippen LogP contribution in [0.5, 0.6) is 0 Å². The first kappa shape index (κ1) is 15.4. The zero-order valence-corrected chi connectivity index (χ0v) is 13.5. The summed E-state index contributed by atoms with van der Waals surface area (Å²) in [4.78, 5) is 14.5. The van der Waals surface area contributed by atoms with E-state index in [9.17, 15) is 4.79 Å². The Balaban J connectivity index is 1.54. The summed E-state index contributed by atoms with van der Waals surface area (Å²) in [5.74, 6) is 0. The van der Waals surface area contributed by atoms with Crippen molar-refractivity contribution >= 4 is 17.4 Å². The van der Waals surface area contributed by atoms with Crippen molar-refractivity contribution in [1.29, 1.82) is 0 Å². The largest absolute Gasteiger partial charge is 0.367 e. The van der Waals surface area contributed by atoms with Gasteiger partial charge >= 0.3 is 6.03 Å². The number of nitrogens with one attached hydrogen (secondary N) is 2. The van der Waals surface area contributed by atoms with Crippen molar-refractivity contribution in [3.8, 4) is 0 Å². The van der Waals surface area contributed by atoms with Gasteiger partial charge in [0.2, 0.25) is 0 Å². The van der Waals surface area contributed by atoms with E-state index in [2.05, 4.69) is 39.8 Å². The molecule has 1 unspecified atom stereocenters. The summed E-state index contributed by atoms with van der Waals surface area (Å²) < 4.78 is 0. The number of para-hydroxylation sites is 1. The van der Waals surface area contributed by atoms with E-state index in [4.69, 9.17) is 0 Å². The van der Waals surface area contributed by atoms with Crippen molar-refractivity contribution in [3.63, 3.8) is 0 Å². The molecule has 1 saturated heterocycles. The third-order valence-electron chi connectivity index (χ3n) is 4.24. The van der Waals surface area contributed by atoms with Crippen LogP contribution in [0.25, 0.3) is 0 Å². The molecule has 0 aromatic heterocycles. The van der Waals surface area contributed by atoms with Crippen LogP contribution in [-0.4, -0.2) is 25.2 Å². The normalized spacial score (nSPS) is 17.1. The number of amides is 2. The molecule has 0 spiro atoms. The SMILES string of the molecule is Cc1cccc(NC(=O)NCC2CCCN2c2ccccc2)c1. The zero-order valence-electron chi connectivity index (χ0n) is 13.5. The van der Waals surface area contributed by atoms with Gasteiger partial charge in [-0.05, 0) is 49.6 Å². The first-order valence-electron chi connectivity index (χ1n) is 8.15. The minimum absolute atomic E-state index is 0.143. The van der Waals surface area contributed by atoms with Gasteiger partial charge in [-0.25, -0.2) is 4.79 Å². The van der Waals surface area contributed by atoms with Gasteiger partial charge < -0.3 is 15.5 Å². The van der Waals surface area contributed by atoms with Gasteiger partial charge in [-0.1, -0.05) is 30.3 Å². The van der Waals surface area contributed by atoms with Gasteiger partial charge in [0.25, 0.3) is 0 Å². The fourth-order valence-electron chi connectivity index (χ4n) is 3.12. The average molecular weight is 309 g/mol. The lowest BCUT2D eigenvalue weighted by molar-refractivity contribution is 0.251. The molecule has 2 N–H and O–H groups in total. The van der Waals surface area contributed by atoms with E-state index < -0.39 is 0 Å². The molecule has 0 radical (unpaired) electrons. The first-order valence-corrected chi connectivity index (χ1v) is 8.15. The number of nitrogens with zero attached hydrogens (tertiary/aromatic N) is 1. The molecule has 1 heterocycles. The molecule has 2 aromatic rings. The molecule has 4 nitrogen and oxygen atoms in total. The summed E-state index contributed by atoms with van der Waals surface area (Å²) in [5, 5.41) is 5.89. The molecule has 1 atom stereocenters. The molecule has 3 rings (SSSR count). The molecule has 0 saturated carbocycles. The highest BCUT2D eigenvalue weighted by atomic mass is 16.2. The fraction of sp³-hybridized carbons (Fsp3) is 0.316. The fourth-order valence-corrected chi connectivity index (χ4v) is 3.12. The van der Waals surface area contributed by atoms with Crippen LogP contribution in [0, 0.1) is 6.92 Å². The summed E-state index contributed by atoms with van der Waals surface area (Å²) >= 11 is 0. The van der Waals surface area contributed by atoms with E-state index in [1.165, 1.54) is 12.1 Å². The quantitative estimate of drug-likeness (QED) is 0.902. The van der Waals surface area contributed by atoms with Crippen LogP contribution in [-0.2, 0) is 0 Å². The van der Waals surface area contributed by atoms with Gasteiger partial charge in [-0.15, -0.1) is 0 Å². The Morgan fingerprint density at radius 1 is 1.17 bits per heavy atom. The summed E-state index contributed by atoms with van der Waals surface area (Å²) in [6, 6.07) is 18.4. The van der Waals surface area contributed by atoms with Gasteiger partial charge in [0.15, 0.2) is 0 Å². The average Bonchev–Trinajstić information content (AvgIpc) is 3.02.